The highest BCUT2D eigenvalue weighted by molar-refractivity contribution is 7.10. The largest absolute Gasteiger partial charge is 0.451 e. The van der Waals surface area contributed by atoms with Gasteiger partial charge in [0.05, 0.1) is 6.04 Å². The average Bonchev–Trinajstić information content (AvgIpc) is 3.13. The van der Waals surface area contributed by atoms with Gasteiger partial charge in [0.25, 0.3) is 5.91 Å². The summed E-state index contributed by atoms with van der Waals surface area (Å²) in [6.45, 7) is 2.02. The SMILES string of the molecule is CC(c1cccs1)N(C)C(=O)c1cc2ccccc2o1. The molecule has 0 aliphatic heterocycles. The lowest BCUT2D eigenvalue weighted by Crippen LogP contribution is -2.28. The lowest BCUT2D eigenvalue weighted by molar-refractivity contribution is 0.0715. The molecule has 0 radical (unpaired) electrons. The fourth-order valence-corrected chi connectivity index (χ4v) is 2.98. The van der Waals surface area contributed by atoms with E-state index in [-0.39, 0.29) is 11.9 Å². The van der Waals surface area contributed by atoms with Crippen LogP contribution in [0.4, 0.5) is 0 Å². The highest BCUT2D eigenvalue weighted by atomic mass is 32.1. The molecule has 0 fully saturated rings. The highest BCUT2D eigenvalue weighted by Crippen LogP contribution is 2.26. The van der Waals surface area contributed by atoms with Crippen LogP contribution in [0, 0.1) is 0 Å². The first-order valence-electron chi connectivity index (χ1n) is 6.46. The molecule has 1 amide bonds. The number of carbonyl (C=O) groups excluding carboxylic acids is 1. The van der Waals surface area contributed by atoms with Gasteiger partial charge in [-0.25, -0.2) is 0 Å². The zero-order chi connectivity index (χ0) is 14.1. The molecule has 102 valence electrons. The summed E-state index contributed by atoms with van der Waals surface area (Å²) in [5.74, 6) is 0.291. The van der Waals surface area contributed by atoms with Crippen molar-refractivity contribution in [2.75, 3.05) is 7.05 Å². The molecule has 0 aliphatic rings. The molecular formula is C16H15NO2S. The third kappa shape index (κ3) is 2.23. The number of para-hydroxylation sites is 1. The number of fused-ring (bicyclic) bond motifs is 1. The summed E-state index contributed by atoms with van der Waals surface area (Å²) < 4.78 is 5.63. The smallest absolute Gasteiger partial charge is 0.289 e. The van der Waals surface area contributed by atoms with E-state index in [1.807, 2.05) is 48.7 Å². The first-order chi connectivity index (χ1) is 9.66. The number of furan rings is 1. The topological polar surface area (TPSA) is 33.5 Å². The van der Waals surface area contributed by atoms with Crippen LogP contribution in [0.5, 0.6) is 0 Å². The number of amides is 1. The predicted molar refractivity (Wildman–Crippen MR) is 81.0 cm³/mol. The standard InChI is InChI=1S/C16H15NO2S/c1-11(15-8-5-9-20-15)17(2)16(18)14-10-12-6-3-4-7-13(12)19-14/h3-11H,1-2H3. The van der Waals surface area contributed by atoms with Crippen molar-refractivity contribution in [1.29, 1.82) is 0 Å². The molecule has 0 saturated carbocycles. The van der Waals surface area contributed by atoms with Gasteiger partial charge in [-0.1, -0.05) is 24.3 Å². The number of nitrogens with zero attached hydrogens (tertiary/aromatic N) is 1. The second-order valence-electron chi connectivity index (χ2n) is 4.76. The lowest BCUT2D eigenvalue weighted by Gasteiger charge is -2.22. The van der Waals surface area contributed by atoms with Gasteiger partial charge in [-0.2, -0.15) is 0 Å². The van der Waals surface area contributed by atoms with Crippen molar-refractivity contribution in [3.63, 3.8) is 0 Å². The Hall–Kier alpha value is -2.07. The van der Waals surface area contributed by atoms with Crippen LogP contribution in [0.2, 0.25) is 0 Å². The number of benzene rings is 1. The van der Waals surface area contributed by atoms with E-state index in [1.54, 1.807) is 29.4 Å². The van der Waals surface area contributed by atoms with E-state index in [2.05, 4.69) is 0 Å². The van der Waals surface area contributed by atoms with Gasteiger partial charge in [-0.05, 0) is 30.5 Å². The molecule has 0 spiro atoms. The monoisotopic (exact) mass is 285 g/mol. The van der Waals surface area contributed by atoms with E-state index in [0.29, 0.717) is 5.76 Å². The van der Waals surface area contributed by atoms with Crippen LogP contribution in [0.3, 0.4) is 0 Å². The third-order valence-corrected chi connectivity index (χ3v) is 4.54. The molecule has 3 rings (SSSR count). The summed E-state index contributed by atoms with van der Waals surface area (Å²) >= 11 is 1.65. The summed E-state index contributed by atoms with van der Waals surface area (Å²) in [4.78, 5) is 15.4. The Labute approximate surface area is 121 Å². The third-order valence-electron chi connectivity index (χ3n) is 3.49. The van der Waals surface area contributed by atoms with Gasteiger partial charge >= 0.3 is 0 Å². The molecule has 0 bridgehead atoms. The zero-order valence-corrected chi connectivity index (χ0v) is 12.2. The molecule has 2 heterocycles. The van der Waals surface area contributed by atoms with Crippen LogP contribution >= 0.6 is 11.3 Å². The van der Waals surface area contributed by atoms with E-state index < -0.39 is 0 Å². The lowest BCUT2D eigenvalue weighted by atomic mass is 10.2. The summed E-state index contributed by atoms with van der Waals surface area (Å²) in [5, 5.41) is 2.97. The maximum absolute atomic E-state index is 12.5. The number of rotatable bonds is 3. The second-order valence-corrected chi connectivity index (χ2v) is 5.74. The van der Waals surface area contributed by atoms with Gasteiger partial charge in [0.2, 0.25) is 0 Å². The van der Waals surface area contributed by atoms with Crippen molar-refractivity contribution in [3.8, 4) is 0 Å². The Balaban J connectivity index is 1.88. The second kappa shape index (κ2) is 5.13. The van der Waals surface area contributed by atoms with E-state index in [1.165, 1.54) is 0 Å². The molecule has 0 saturated heterocycles. The number of carbonyl (C=O) groups is 1. The molecule has 3 nitrogen and oxygen atoms in total. The molecule has 1 aromatic carbocycles. The number of hydrogen-bond acceptors (Lipinski definition) is 3. The van der Waals surface area contributed by atoms with Crippen molar-refractivity contribution in [2.24, 2.45) is 0 Å². The van der Waals surface area contributed by atoms with Gasteiger partial charge < -0.3 is 9.32 Å². The minimum atomic E-state index is -0.0953. The fraction of sp³-hybridized carbons (Fsp3) is 0.188. The van der Waals surface area contributed by atoms with Crippen LogP contribution in [0.1, 0.15) is 28.4 Å². The summed E-state index contributed by atoms with van der Waals surface area (Å²) in [5.41, 5.74) is 0.744. The molecule has 1 atom stereocenters. The predicted octanol–water partition coefficient (Wildman–Crippen LogP) is 4.33. The minimum Gasteiger partial charge on any atom is -0.451 e. The van der Waals surface area contributed by atoms with Gasteiger partial charge in [-0.15, -0.1) is 11.3 Å². The van der Waals surface area contributed by atoms with Gasteiger partial charge in [0, 0.05) is 17.3 Å². The van der Waals surface area contributed by atoms with Crippen molar-refractivity contribution in [1.82, 2.24) is 4.90 Å². The van der Waals surface area contributed by atoms with Crippen molar-refractivity contribution in [3.05, 3.63) is 58.5 Å². The quantitative estimate of drug-likeness (QED) is 0.717. The van der Waals surface area contributed by atoms with Crippen LogP contribution in [0.15, 0.2) is 52.3 Å². The fourth-order valence-electron chi connectivity index (χ4n) is 2.16. The number of hydrogen-bond donors (Lipinski definition) is 0. The normalized spacial score (nSPS) is 12.5. The highest BCUT2D eigenvalue weighted by Gasteiger charge is 2.22. The maximum Gasteiger partial charge on any atom is 0.289 e. The Morgan fingerprint density at radius 1 is 1.25 bits per heavy atom. The molecule has 0 aliphatic carbocycles. The Kier molecular flexibility index (Phi) is 3.32. The summed E-state index contributed by atoms with van der Waals surface area (Å²) in [6.07, 6.45) is 0. The van der Waals surface area contributed by atoms with Crippen LogP contribution in [0.25, 0.3) is 11.0 Å². The molecular weight excluding hydrogens is 270 g/mol. The first-order valence-corrected chi connectivity index (χ1v) is 7.34. The summed E-state index contributed by atoms with van der Waals surface area (Å²) in [7, 11) is 1.81. The average molecular weight is 285 g/mol. The van der Waals surface area contributed by atoms with Crippen LogP contribution in [-0.2, 0) is 0 Å². The zero-order valence-electron chi connectivity index (χ0n) is 11.4. The summed E-state index contributed by atoms with van der Waals surface area (Å²) in [6, 6.07) is 13.5. The number of thiophene rings is 1. The van der Waals surface area contributed by atoms with Crippen molar-refractivity contribution in [2.45, 2.75) is 13.0 Å². The first kappa shape index (κ1) is 12.9. The van der Waals surface area contributed by atoms with E-state index in [9.17, 15) is 4.79 Å². The molecule has 3 aromatic rings. The maximum atomic E-state index is 12.5. The molecule has 20 heavy (non-hydrogen) atoms. The van der Waals surface area contributed by atoms with E-state index >= 15 is 0 Å². The van der Waals surface area contributed by atoms with Gasteiger partial charge in [0.15, 0.2) is 5.76 Å². The Bertz CT molecular complexity index is 697. The van der Waals surface area contributed by atoms with E-state index in [4.69, 9.17) is 4.42 Å². The van der Waals surface area contributed by atoms with Crippen LogP contribution in [-0.4, -0.2) is 17.9 Å². The molecule has 1 unspecified atom stereocenters. The van der Waals surface area contributed by atoms with Crippen molar-refractivity contribution < 1.29 is 9.21 Å². The van der Waals surface area contributed by atoms with Crippen molar-refractivity contribution >= 4 is 28.2 Å². The van der Waals surface area contributed by atoms with Crippen LogP contribution < -0.4 is 0 Å². The molecule has 4 heteroatoms. The Morgan fingerprint density at radius 3 is 2.75 bits per heavy atom. The molecule has 0 N–H and O–H groups in total. The van der Waals surface area contributed by atoms with Gasteiger partial charge in [0.1, 0.15) is 5.58 Å². The minimum absolute atomic E-state index is 0.0377. The van der Waals surface area contributed by atoms with Gasteiger partial charge in [-0.3, -0.25) is 4.79 Å². The van der Waals surface area contributed by atoms with E-state index in [0.717, 1.165) is 15.8 Å². The Morgan fingerprint density at radius 2 is 2.05 bits per heavy atom. The molecule has 2 aromatic heterocycles.